The Hall–Kier alpha value is -4.45. The molecule has 5 aromatic rings. The number of rotatable bonds is 11. The zero-order valence-corrected chi connectivity index (χ0v) is 30.0. The Morgan fingerprint density at radius 3 is 1.90 bits per heavy atom. The maximum absolute atomic E-state index is 13.7. The third-order valence-electron chi connectivity index (χ3n) is 9.36. The van der Waals surface area contributed by atoms with Gasteiger partial charge in [-0.1, -0.05) is 109 Å². The maximum Gasteiger partial charge on any atom is 0.363 e. The van der Waals surface area contributed by atoms with Gasteiger partial charge in [-0.3, -0.25) is 18.8 Å². The number of nitrogens with zero attached hydrogens (tertiary/aromatic N) is 4. The van der Waals surface area contributed by atoms with E-state index in [0.29, 0.717) is 38.4 Å². The van der Waals surface area contributed by atoms with E-state index in [4.69, 9.17) is 25.2 Å². The average Bonchev–Trinajstić information content (AvgIpc) is 3.19. The summed E-state index contributed by atoms with van der Waals surface area (Å²) in [5.74, 6) is -0.268. The molecule has 268 valence electrons. The summed E-state index contributed by atoms with van der Waals surface area (Å²) in [5, 5.41) is 2.71. The predicted octanol–water partition coefficient (Wildman–Crippen LogP) is 6.38. The van der Waals surface area contributed by atoms with Crippen molar-refractivity contribution in [2.24, 2.45) is 0 Å². The van der Waals surface area contributed by atoms with Crippen LogP contribution >= 0.6 is 18.1 Å². The summed E-state index contributed by atoms with van der Waals surface area (Å²) >= 11 is 6.56. The summed E-state index contributed by atoms with van der Waals surface area (Å²) in [4.78, 5) is 33.1. The first-order valence-corrected chi connectivity index (χ1v) is 19.6. The lowest BCUT2D eigenvalue weighted by Crippen LogP contribution is -2.58. The molecule has 2 aliphatic heterocycles. The van der Waals surface area contributed by atoms with Gasteiger partial charge in [0, 0.05) is 37.9 Å². The second-order valence-corrected chi connectivity index (χ2v) is 15.6. The lowest BCUT2D eigenvalue weighted by molar-refractivity contribution is -0.148. The number of anilines is 1. The molecule has 4 aromatic carbocycles. The molecule has 3 heterocycles. The van der Waals surface area contributed by atoms with Gasteiger partial charge in [0.15, 0.2) is 6.23 Å². The summed E-state index contributed by atoms with van der Waals surface area (Å²) in [6, 6.07) is 40.9. The smallest absolute Gasteiger partial charge is 0.363 e. The quantitative estimate of drug-likeness (QED) is 0.122. The third kappa shape index (κ3) is 7.67. The van der Waals surface area contributed by atoms with Crippen LogP contribution in [0.2, 0.25) is 0 Å². The SMILES string of the molecule is O=C(Nc1ccn(C2CN(C(c3ccccc3)(c3ccccc3)c3ccccc3)CC(COP(=O)(Cl)N3CCOCC3)O2)c(=O)n1)c1ccccc1. The van der Waals surface area contributed by atoms with Gasteiger partial charge in [-0.05, 0) is 46.1 Å². The van der Waals surface area contributed by atoms with Crippen LogP contribution < -0.4 is 11.0 Å². The van der Waals surface area contributed by atoms with E-state index in [1.807, 2.05) is 60.7 Å². The normalized spacial score (nSPS) is 19.8. The van der Waals surface area contributed by atoms with Gasteiger partial charge in [0.1, 0.15) is 5.82 Å². The molecule has 52 heavy (non-hydrogen) atoms. The fourth-order valence-corrected chi connectivity index (χ4v) is 8.73. The standard InChI is InChI=1S/C39H39ClN5O6P/c40-52(48,44-23-25-49-26-24-44)50-29-34-27-43(28-36(51-34)45-22-21-35(42-38(45)47)41-37(46)30-13-5-1-6-14-30)39(31-15-7-2-8-16-31,32-17-9-3-10-18-32)33-19-11-4-12-20-33/h1-22,34,36H,23-29H2,(H,41,42,46,47). The maximum atomic E-state index is 13.7. The topological polar surface area (TPSA) is 115 Å². The Balaban J connectivity index is 1.28. The van der Waals surface area contributed by atoms with Crippen molar-refractivity contribution in [1.29, 1.82) is 0 Å². The molecular formula is C39H39ClN5O6P. The summed E-state index contributed by atoms with van der Waals surface area (Å²) in [5.41, 5.74) is 2.00. The number of amides is 1. The highest BCUT2D eigenvalue weighted by atomic mass is 35.7. The van der Waals surface area contributed by atoms with Crippen LogP contribution in [-0.4, -0.2) is 77.1 Å². The lowest BCUT2D eigenvalue weighted by Gasteiger charge is -2.50. The van der Waals surface area contributed by atoms with E-state index in [2.05, 4.69) is 51.6 Å². The molecule has 0 saturated carbocycles. The monoisotopic (exact) mass is 739 g/mol. The number of benzene rings is 4. The van der Waals surface area contributed by atoms with Gasteiger partial charge in [-0.25, -0.2) is 9.46 Å². The van der Waals surface area contributed by atoms with Crippen LogP contribution in [0.1, 0.15) is 33.3 Å². The second-order valence-electron chi connectivity index (χ2n) is 12.6. The van der Waals surface area contributed by atoms with Crippen LogP contribution in [0.5, 0.6) is 0 Å². The number of nitrogens with one attached hydrogen (secondary N) is 1. The van der Waals surface area contributed by atoms with Gasteiger partial charge in [-0.2, -0.15) is 4.98 Å². The van der Waals surface area contributed by atoms with Gasteiger partial charge >= 0.3 is 12.6 Å². The average molecular weight is 740 g/mol. The van der Waals surface area contributed by atoms with Crippen molar-refractivity contribution in [1.82, 2.24) is 19.1 Å². The highest BCUT2D eigenvalue weighted by Crippen LogP contribution is 2.56. The zero-order chi connectivity index (χ0) is 36.0. The minimum absolute atomic E-state index is 0.104. The summed E-state index contributed by atoms with van der Waals surface area (Å²) in [6.07, 6.45) is 0.0406. The van der Waals surface area contributed by atoms with E-state index in [1.54, 1.807) is 41.2 Å². The molecule has 3 unspecified atom stereocenters. The molecule has 11 nitrogen and oxygen atoms in total. The number of carbonyl (C=O) groups is 1. The van der Waals surface area contributed by atoms with Crippen molar-refractivity contribution in [3.8, 4) is 0 Å². The Labute approximate surface area is 307 Å². The van der Waals surface area contributed by atoms with E-state index >= 15 is 0 Å². The van der Waals surface area contributed by atoms with Gasteiger partial charge in [-0.15, -0.1) is 0 Å². The molecule has 13 heteroatoms. The number of aromatic nitrogens is 2. The number of carbonyl (C=O) groups excluding carboxylic acids is 1. The minimum Gasteiger partial charge on any atom is -0.379 e. The van der Waals surface area contributed by atoms with Gasteiger partial charge in [0.05, 0.1) is 31.5 Å². The van der Waals surface area contributed by atoms with Crippen molar-refractivity contribution in [2.45, 2.75) is 17.9 Å². The van der Waals surface area contributed by atoms with Gasteiger partial charge in [0.25, 0.3) is 5.91 Å². The third-order valence-corrected chi connectivity index (χ3v) is 11.8. The van der Waals surface area contributed by atoms with Crippen molar-refractivity contribution < 1.29 is 23.4 Å². The number of halogens is 1. The van der Waals surface area contributed by atoms with Crippen molar-refractivity contribution >= 4 is 29.8 Å². The van der Waals surface area contributed by atoms with Crippen molar-refractivity contribution in [3.05, 3.63) is 166 Å². The summed E-state index contributed by atoms with van der Waals surface area (Å²) < 4.78 is 34.7. The van der Waals surface area contributed by atoms with E-state index < -0.39 is 30.4 Å². The Morgan fingerprint density at radius 1 is 0.827 bits per heavy atom. The molecule has 0 aliphatic carbocycles. The molecule has 3 atom stereocenters. The molecule has 7 rings (SSSR count). The van der Waals surface area contributed by atoms with Crippen LogP contribution in [-0.2, 0) is 24.1 Å². The molecule has 2 saturated heterocycles. The Kier molecular flexibility index (Phi) is 11.1. The number of hydrogen-bond acceptors (Lipinski definition) is 8. The predicted molar refractivity (Wildman–Crippen MR) is 199 cm³/mol. The van der Waals surface area contributed by atoms with E-state index in [0.717, 1.165) is 16.7 Å². The first-order valence-electron chi connectivity index (χ1n) is 17.1. The van der Waals surface area contributed by atoms with Crippen LogP contribution in [0.25, 0.3) is 0 Å². The molecule has 1 aromatic heterocycles. The first kappa shape index (κ1) is 35.9. The van der Waals surface area contributed by atoms with E-state index in [-0.39, 0.29) is 24.9 Å². The zero-order valence-electron chi connectivity index (χ0n) is 28.4. The molecule has 2 fully saturated rings. The van der Waals surface area contributed by atoms with Crippen LogP contribution in [0.4, 0.5) is 5.82 Å². The van der Waals surface area contributed by atoms with Crippen LogP contribution in [0.15, 0.2) is 138 Å². The summed E-state index contributed by atoms with van der Waals surface area (Å²) in [6.45, 7) is -1.65. The molecular weight excluding hydrogens is 701 g/mol. The van der Waals surface area contributed by atoms with E-state index in [9.17, 15) is 14.2 Å². The largest absolute Gasteiger partial charge is 0.379 e. The fraction of sp³-hybridized carbons (Fsp3) is 0.256. The molecule has 0 spiro atoms. The highest BCUT2D eigenvalue weighted by molar-refractivity contribution is 7.83. The number of hydrogen-bond donors (Lipinski definition) is 1. The minimum atomic E-state index is -3.71. The number of morpholine rings is 2. The lowest BCUT2D eigenvalue weighted by atomic mass is 9.75. The molecule has 1 N–H and O–H groups in total. The molecule has 0 radical (unpaired) electrons. The van der Waals surface area contributed by atoms with Crippen molar-refractivity contribution in [2.75, 3.05) is 51.3 Å². The first-order chi connectivity index (χ1) is 25.3. The van der Waals surface area contributed by atoms with Crippen molar-refractivity contribution in [3.63, 3.8) is 0 Å². The van der Waals surface area contributed by atoms with Gasteiger partial charge in [0.2, 0.25) is 0 Å². The fourth-order valence-electron chi connectivity index (χ4n) is 6.95. The molecule has 2 aliphatic rings. The van der Waals surface area contributed by atoms with Gasteiger partial charge < -0.3 is 19.3 Å². The Bertz CT molecular complexity index is 1960. The van der Waals surface area contributed by atoms with E-state index in [1.165, 1.54) is 4.57 Å². The Morgan fingerprint density at radius 2 is 1.37 bits per heavy atom. The number of ether oxygens (including phenoxy) is 2. The second kappa shape index (κ2) is 16.1. The molecule has 1 amide bonds. The summed E-state index contributed by atoms with van der Waals surface area (Å²) in [7, 11) is 0. The highest BCUT2D eigenvalue weighted by Gasteiger charge is 2.47. The van der Waals surface area contributed by atoms with Crippen LogP contribution in [0, 0.1) is 0 Å². The van der Waals surface area contributed by atoms with Crippen LogP contribution in [0.3, 0.4) is 0 Å². The molecule has 0 bridgehead atoms.